The van der Waals surface area contributed by atoms with Gasteiger partial charge in [-0.25, -0.2) is 19.3 Å². The summed E-state index contributed by atoms with van der Waals surface area (Å²) in [7, 11) is 7.73. The molecule has 1 aliphatic heterocycles. The summed E-state index contributed by atoms with van der Waals surface area (Å²) < 4.78 is 21.6. The monoisotopic (exact) mass is 529 g/mol. The number of benzene rings is 2. The maximum atomic E-state index is 13.8. The number of nitrogens with zero attached hydrogens (tertiary/aromatic N) is 6. The van der Waals surface area contributed by atoms with Gasteiger partial charge in [-0.3, -0.25) is 4.90 Å². The van der Waals surface area contributed by atoms with Crippen LogP contribution < -0.4 is 10.1 Å². The Kier molecular flexibility index (Phi) is 8.18. The second-order valence-electron chi connectivity index (χ2n) is 10.2. The highest BCUT2D eigenvalue weighted by molar-refractivity contribution is 5.78. The lowest BCUT2D eigenvalue weighted by Gasteiger charge is -2.28. The Bertz CT molecular complexity index is 1400. The first-order valence-electron chi connectivity index (χ1n) is 13.3. The number of methoxy groups -OCH3 is 1. The molecule has 4 aromatic rings. The smallest absolute Gasteiger partial charge is 0.222 e. The molecule has 39 heavy (non-hydrogen) atoms. The summed E-state index contributed by atoms with van der Waals surface area (Å²) >= 11 is 0. The van der Waals surface area contributed by atoms with Crippen molar-refractivity contribution in [3.05, 3.63) is 78.0 Å². The summed E-state index contributed by atoms with van der Waals surface area (Å²) in [6, 6.07) is 17.0. The number of nitrogens with one attached hydrogen (secondary N) is 1. The topological polar surface area (TPSA) is 71.3 Å². The maximum Gasteiger partial charge on any atom is 0.222 e. The van der Waals surface area contributed by atoms with Crippen molar-refractivity contribution in [3.63, 3.8) is 0 Å². The average molecular weight is 530 g/mol. The fourth-order valence-corrected chi connectivity index (χ4v) is 5.21. The van der Waals surface area contributed by atoms with Gasteiger partial charge in [0.2, 0.25) is 5.95 Å². The van der Waals surface area contributed by atoms with Crippen molar-refractivity contribution in [3.8, 4) is 28.4 Å². The number of imidazole rings is 1. The number of aromatic nitrogens is 4. The molecule has 0 saturated heterocycles. The average Bonchev–Trinajstić information content (AvgIpc) is 3.52. The highest BCUT2D eigenvalue weighted by Gasteiger charge is 2.32. The molecule has 2 aromatic heterocycles. The third-order valence-electron chi connectivity index (χ3n) is 7.16. The number of hydrogen-bond donors (Lipinski definition) is 1. The Morgan fingerprint density at radius 3 is 2.64 bits per heavy atom. The van der Waals surface area contributed by atoms with Crippen molar-refractivity contribution in [2.45, 2.75) is 25.4 Å². The molecule has 204 valence electrons. The number of anilines is 1. The molecule has 0 fully saturated rings. The van der Waals surface area contributed by atoms with Gasteiger partial charge >= 0.3 is 0 Å². The second kappa shape index (κ2) is 11.9. The molecule has 0 radical (unpaired) electrons. The van der Waals surface area contributed by atoms with Crippen LogP contribution in [0.15, 0.2) is 60.8 Å². The molecule has 3 heterocycles. The number of ether oxygens (including phenoxy) is 1. The highest BCUT2D eigenvalue weighted by Crippen LogP contribution is 2.39. The predicted molar refractivity (Wildman–Crippen MR) is 152 cm³/mol. The molecule has 0 amide bonds. The Morgan fingerprint density at radius 1 is 1.08 bits per heavy atom. The van der Waals surface area contributed by atoms with Gasteiger partial charge in [0.25, 0.3) is 0 Å². The van der Waals surface area contributed by atoms with Crippen molar-refractivity contribution >= 4 is 5.95 Å². The molecule has 1 aliphatic rings. The van der Waals surface area contributed by atoms with Gasteiger partial charge in [0, 0.05) is 57.4 Å². The van der Waals surface area contributed by atoms with Crippen molar-refractivity contribution in [1.82, 2.24) is 29.3 Å². The van der Waals surface area contributed by atoms with E-state index in [0.29, 0.717) is 5.95 Å². The maximum absolute atomic E-state index is 13.8. The molecule has 0 saturated carbocycles. The largest absolute Gasteiger partial charge is 0.497 e. The van der Waals surface area contributed by atoms with Gasteiger partial charge in [-0.2, -0.15) is 0 Å². The van der Waals surface area contributed by atoms with Crippen LogP contribution in [-0.4, -0.2) is 77.2 Å². The summed E-state index contributed by atoms with van der Waals surface area (Å²) in [6.07, 6.45) is 3.64. The third-order valence-corrected chi connectivity index (χ3v) is 7.16. The van der Waals surface area contributed by atoms with Crippen LogP contribution in [0.3, 0.4) is 0 Å². The SMILES string of the molecule is CNc1nccc(-c2c(-c3ccc(F)cc3)nc3n2[C@H](CN(CCN(C)C)Cc2cccc(OC)c2)CC3)n1. The molecule has 1 atom stereocenters. The highest BCUT2D eigenvalue weighted by atomic mass is 19.1. The molecular weight excluding hydrogens is 493 g/mol. The minimum absolute atomic E-state index is 0.220. The number of aryl methyl sites for hydroxylation is 1. The molecule has 0 bridgehead atoms. The molecule has 8 nitrogen and oxygen atoms in total. The molecule has 5 rings (SSSR count). The van der Waals surface area contributed by atoms with E-state index >= 15 is 0 Å². The minimum Gasteiger partial charge on any atom is -0.497 e. The zero-order valence-corrected chi connectivity index (χ0v) is 23.1. The van der Waals surface area contributed by atoms with Crippen molar-refractivity contribution in [2.24, 2.45) is 0 Å². The first-order valence-corrected chi connectivity index (χ1v) is 13.3. The number of halogens is 1. The van der Waals surface area contributed by atoms with Gasteiger partial charge in [0.15, 0.2) is 0 Å². The number of likely N-dealkylation sites (N-methyl/N-ethyl adjacent to an activating group) is 1. The van der Waals surface area contributed by atoms with Crippen molar-refractivity contribution in [1.29, 1.82) is 0 Å². The molecule has 1 N–H and O–H groups in total. The van der Waals surface area contributed by atoms with Crippen LogP contribution in [0.1, 0.15) is 23.9 Å². The van der Waals surface area contributed by atoms with E-state index in [1.165, 1.54) is 17.7 Å². The molecule has 0 unspecified atom stereocenters. The summed E-state index contributed by atoms with van der Waals surface area (Å²) in [4.78, 5) is 18.9. The van der Waals surface area contributed by atoms with Gasteiger partial charge in [0.1, 0.15) is 17.4 Å². The van der Waals surface area contributed by atoms with Crippen molar-refractivity contribution in [2.75, 3.05) is 53.2 Å². The van der Waals surface area contributed by atoms with Gasteiger partial charge in [-0.1, -0.05) is 12.1 Å². The van der Waals surface area contributed by atoms with Crippen LogP contribution in [0.5, 0.6) is 5.75 Å². The zero-order chi connectivity index (χ0) is 27.4. The Labute approximate surface area is 229 Å². The zero-order valence-electron chi connectivity index (χ0n) is 23.1. The lowest BCUT2D eigenvalue weighted by molar-refractivity contribution is 0.204. The van der Waals surface area contributed by atoms with Crippen LogP contribution in [0.4, 0.5) is 10.3 Å². The third kappa shape index (κ3) is 6.10. The summed E-state index contributed by atoms with van der Waals surface area (Å²) in [5.41, 5.74) is 4.66. The van der Waals surface area contributed by atoms with Crippen LogP contribution in [0.2, 0.25) is 0 Å². The Morgan fingerprint density at radius 2 is 1.90 bits per heavy atom. The van der Waals surface area contributed by atoms with E-state index < -0.39 is 0 Å². The fourth-order valence-electron chi connectivity index (χ4n) is 5.21. The van der Waals surface area contributed by atoms with E-state index in [0.717, 1.165) is 73.2 Å². The van der Waals surface area contributed by atoms with E-state index in [1.807, 2.05) is 25.2 Å². The standard InChI is InChI=1S/C30H36FN7O/c1-32-30-33-15-14-26(34-30)29-28(22-8-10-23(31)11-9-22)35-27-13-12-24(38(27)29)20-37(17-16-36(2)3)19-21-6-5-7-25(18-21)39-4/h5-11,14-15,18,24H,12-13,16-17,19-20H2,1-4H3,(H,32,33,34)/t24-/m0/s1. The summed E-state index contributed by atoms with van der Waals surface area (Å²) in [6.45, 7) is 3.58. The quantitative estimate of drug-likeness (QED) is 0.301. The predicted octanol–water partition coefficient (Wildman–Crippen LogP) is 4.75. The van der Waals surface area contributed by atoms with E-state index in [4.69, 9.17) is 14.7 Å². The van der Waals surface area contributed by atoms with Crippen LogP contribution >= 0.6 is 0 Å². The van der Waals surface area contributed by atoms with Crippen LogP contribution in [-0.2, 0) is 13.0 Å². The summed E-state index contributed by atoms with van der Waals surface area (Å²) in [5.74, 6) is 2.19. The van der Waals surface area contributed by atoms with Gasteiger partial charge in [-0.15, -0.1) is 0 Å². The Hall–Kier alpha value is -3.82. The summed E-state index contributed by atoms with van der Waals surface area (Å²) in [5, 5.41) is 3.05. The van der Waals surface area contributed by atoms with Gasteiger partial charge in [-0.05, 0) is 68.5 Å². The molecule has 0 aliphatic carbocycles. The molecular formula is C30H36FN7O. The number of hydrogen-bond acceptors (Lipinski definition) is 7. The van der Waals surface area contributed by atoms with Gasteiger partial charge < -0.3 is 19.5 Å². The second-order valence-corrected chi connectivity index (χ2v) is 10.2. The first kappa shape index (κ1) is 26.8. The fraction of sp³-hybridized carbons (Fsp3) is 0.367. The molecule has 0 spiro atoms. The Balaban J connectivity index is 1.52. The van der Waals surface area contributed by atoms with Crippen LogP contribution in [0, 0.1) is 5.82 Å². The van der Waals surface area contributed by atoms with Crippen LogP contribution in [0.25, 0.3) is 22.6 Å². The van der Waals surface area contributed by atoms with Crippen molar-refractivity contribution < 1.29 is 9.13 Å². The number of rotatable bonds is 11. The lowest BCUT2D eigenvalue weighted by atomic mass is 10.1. The van der Waals surface area contributed by atoms with E-state index in [2.05, 4.69) is 50.9 Å². The van der Waals surface area contributed by atoms with E-state index in [9.17, 15) is 4.39 Å². The van der Waals surface area contributed by atoms with E-state index in [1.54, 1.807) is 25.4 Å². The normalized spacial score (nSPS) is 14.7. The lowest BCUT2D eigenvalue weighted by Crippen LogP contribution is -2.35. The first-order chi connectivity index (χ1) is 18.9. The minimum atomic E-state index is -0.265. The van der Waals surface area contributed by atoms with E-state index in [-0.39, 0.29) is 11.9 Å². The molecule has 2 aromatic carbocycles. The molecule has 9 heteroatoms. The van der Waals surface area contributed by atoms with Gasteiger partial charge in [0.05, 0.1) is 24.2 Å². The number of fused-ring (bicyclic) bond motifs is 1.